The third-order valence-corrected chi connectivity index (χ3v) is 1.18. The summed E-state index contributed by atoms with van der Waals surface area (Å²) in [5.41, 5.74) is 0. The first kappa shape index (κ1) is 9.63. The van der Waals surface area contributed by atoms with Crippen molar-refractivity contribution in [3.63, 3.8) is 0 Å². The minimum Gasteiger partial charge on any atom is -0.371 e. The molecule has 0 saturated heterocycles. The van der Waals surface area contributed by atoms with Gasteiger partial charge in [0, 0.05) is 0 Å². The van der Waals surface area contributed by atoms with Crippen LogP contribution in [0.2, 0.25) is 0 Å². The van der Waals surface area contributed by atoms with Gasteiger partial charge in [0.05, 0.1) is 12.7 Å². The minimum atomic E-state index is -0.136. The Kier molecular flexibility index (Phi) is 5.22. The molecule has 1 unspecified atom stereocenters. The lowest BCUT2D eigenvalue weighted by atomic mass is 10.2. The van der Waals surface area contributed by atoms with Crippen LogP contribution < -0.4 is 0 Å². The van der Waals surface area contributed by atoms with Crippen LogP contribution in [-0.4, -0.2) is 12.7 Å². The van der Waals surface area contributed by atoms with E-state index < -0.39 is 0 Å². The Bertz CT molecular complexity index is 110. The van der Waals surface area contributed by atoms with E-state index in [9.17, 15) is 4.39 Å². The van der Waals surface area contributed by atoms with Crippen molar-refractivity contribution in [2.24, 2.45) is 0 Å². The van der Waals surface area contributed by atoms with E-state index in [2.05, 4.69) is 0 Å². The van der Waals surface area contributed by atoms with E-state index in [4.69, 9.17) is 4.74 Å². The normalized spacial score (nSPS) is 24.4. The van der Waals surface area contributed by atoms with Crippen LogP contribution in [0.5, 0.6) is 0 Å². The van der Waals surface area contributed by atoms with Crippen molar-refractivity contribution in [1.82, 2.24) is 0 Å². The molecule has 0 aromatic carbocycles. The standard InChI is InChI=1S/C6H9FO.C2H6/c1-5-2-3-6(7)4-8-5;1-2/h3,5H,2,4H2,1H3;1-2H3. The van der Waals surface area contributed by atoms with Gasteiger partial charge in [0.1, 0.15) is 5.83 Å². The van der Waals surface area contributed by atoms with Crippen molar-refractivity contribution in [3.05, 3.63) is 11.9 Å². The SMILES string of the molecule is CC.CC1CC=C(F)CO1. The van der Waals surface area contributed by atoms with Crippen LogP contribution in [-0.2, 0) is 4.74 Å². The minimum absolute atomic E-state index is 0.136. The van der Waals surface area contributed by atoms with Gasteiger partial charge in [-0.25, -0.2) is 4.39 Å². The second kappa shape index (κ2) is 5.42. The first-order valence-electron chi connectivity index (χ1n) is 3.75. The van der Waals surface area contributed by atoms with Crippen LogP contribution in [0.25, 0.3) is 0 Å². The van der Waals surface area contributed by atoms with E-state index >= 15 is 0 Å². The molecule has 1 rings (SSSR count). The van der Waals surface area contributed by atoms with Gasteiger partial charge in [0.25, 0.3) is 0 Å². The molecular weight excluding hydrogens is 131 g/mol. The van der Waals surface area contributed by atoms with Crippen molar-refractivity contribution in [2.45, 2.75) is 33.3 Å². The molecule has 0 bridgehead atoms. The Morgan fingerprint density at radius 1 is 1.60 bits per heavy atom. The highest BCUT2D eigenvalue weighted by molar-refractivity contribution is 4.96. The molecule has 0 saturated carbocycles. The molecule has 0 amide bonds. The fourth-order valence-electron chi connectivity index (χ4n) is 0.643. The molecule has 1 aliphatic rings. The number of rotatable bonds is 0. The maximum absolute atomic E-state index is 12.1. The zero-order valence-corrected chi connectivity index (χ0v) is 6.86. The molecule has 0 N–H and O–H groups in total. The average Bonchev–Trinajstić information content (AvgIpc) is 2.00. The molecule has 0 fully saturated rings. The highest BCUT2D eigenvalue weighted by Gasteiger charge is 2.07. The fourth-order valence-corrected chi connectivity index (χ4v) is 0.643. The third kappa shape index (κ3) is 3.62. The molecule has 1 nitrogen and oxygen atoms in total. The van der Waals surface area contributed by atoms with Gasteiger partial charge in [-0.2, -0.15) is 0 Å². The van der Waals surface area contributed by atoms with Crippen LogP contribution in [0.1, 0.15) is 27.2 Å². The van der Waals surface area contributed by atoms with E-state index in [1.807, 2.05) is 20.8 Å². The summed E-state index contributed by atoms with van der Waals surface area (Å²) >= 11 is 0. The first-order valence-corrected chi connectivity index (χ1v) is 3.75. The van der Waals surface area contributed by atoms with Gasteiger partial charge < -0.3 is 4.74 Å². The highest BCUT2D eigenvalue weighted by Crippen LogP contribution is 2.11. The van der Waals surface area contributed by atoms with Crippen molar-refractivity contribution >= 4 is 0 Å². The summed E-state index contributed by atoms with van der Waals surface area (Å²) in [5.74, 6) is -0.136. The molecule has 0 radical (unpaired) electrons. The summed E-state index contributed by atoms with van der Waals surface area (Å²) in [4.78, 5) is 0. The Hall–Kier alpha value is -0.370. The molecule has 0 aromatic rings. The molecular formula is C8H15FO. The maximum atomic E-state index is 12.1. The second-order valence-corrected chi connectivity index (χ2v) is 2.01. The Labute approximate surface area is 61.9 Å². The van der Waals surface area contributed by atoms with Crippen LogP contribution in [0.4, 0.5) is 4.39 Å². The van der Waals surface area contributed by atoms with E-state index in [1.54, 1.807) is 6.08 Å². The largest absolute Gasteiger partial charge is 0.371 e. The lowest BCUT2D eigenvalue weighted by Crippen LogP contribution is -2.12. The van der Waals surface area contributed by atoms with Gasteiger partial charge in [-0.3, -0.25) is 0 Å². The average molecular weight is 146 g/mol. The van der Waals surface area contributed by atoms with Gasteiger partial charge in [-0.1, -0.05) is 13.8 Å². The molecule has 10 heavy (non-hydrogen) atoms. The lowest BCUT2D eigenvalue weighted by molar-refractivity contribution is 0.0638. The smallest absolute Gasteiger partial charge is 0.122 e. The zero-order valence-electron chi connectivity index (χ0n) is 6.86. The highest BCUT2D eigenvalue weighted by atomic mass is 19.1. The molecule has 1 atom stereocenters. The molecule has 0 aromatic heterocycles. The van der Waals surface area contributed by atoms with E-state index in [0.29, 0.717) is 6.42 Å². The Morgan fingerprint density at radius 3 is 2.50 bits per heavy atom. The summed E-state index contributed by atoms with van der Waals surface area (Å²) in [5, 5.41) is 0. The molecule has 0 spiro atoms. The predicted octanol–water partition coefficient (Wildman–Crippen LogP) is 2.67. The van der Waals surface area contributed by atoms with Crippen molar-refractivity contribution in [2.75, 3.05) is 6.61 Å². The summed E-state index contributed by atoms with van der Waals surface area (Å²) in [6.45, 7) is 6.10. The molecule has 0 aliphatic carbocycles. The van der Waals surface area contributed by atoms with Gasteiger partial charge in [0.15, 0.2) is 0 Å². The topological polar surface area (TPSA) is 9.23 Å². The quantitative estimate of drug-likeness (QED) is 0.510. The molecule has 1 heterocycles. The monoisotopic (exact) mass is 146 g/mol. The van der Waals surface area contributed by atoms with Crippen LogP contribution >= 0.6 is 0 Å². The van der Waals surface area contributed by atoms with E-state index in [1.165, 1.54) is 0 Å². The summed E-state index contributed by atoms with van der Waals surface area (Å²) in [7, 11) is 0. The number of hydrogen-bond acceptors (Lipinski definition) is 1. The van der Waals surface area contributed by atoms with Crippen LogP contribution in [0.3, 0.4) is 0 Å². The van der Waals surface area contributed by atoms with Crippen LogP contribution in [0, 0.1) is 0 Å². The Balaban J connectivity index is 0.000000371. The predicted molar refractivity (Wildman–Crippen MR) is 40.6 cm³/mol. The van der Waals surface area contributed by atoms with Crippen LogP contribution in [0.15, 0.2) is 11.9 Å². The lowest BCUT2D eigenvalue weighted by Gasteiger charge is -2.14. The second-order valence-electron chi connectivity index (χ2n) is 2.01. The summed E-state index contributed by atoms with van der Waals surface area (Å²) in [6.07, 6.45) is 2.49. The Morgan fingerprint density at radius 2 is 2.20 bits per heavy atom. The van der Waals surface area contributed by atoms with Gasteiger partial charge in [0.2, 0.25) is 0 Å². The van der Waals surface area contributed by atoms with Gasteiger partial charge >= 0.3 is 0 Å². The summed E-state index contributed by atoms with van der Waals surface area (Å²) < 4.78 is 17.0. The van der Waals surface area contributed by atoms with Gasteiger partial charge in [-0.05, 0) is 19.4 Å². The van der Waals surface area contributed by atoms with Crippen molar-refractivity contribution in [1.29, 1.82) is 0 Å². The third-order valence-electron chi connectivity index (χ3n) is 1.18. The number of hydrogen-bond donors (Lipinski definition) is 0. The number of ether oxygens (including phenoxy) is 1. The molecule has 2 heteroatoms. The molecule has 1 aliphatic heterocycles. The van der Waals surface area contributed by atoms with Gasteiger partial charge in [-0.15, -0.1) is 0 Å². The van der Waals surface area contributed by atoms with E-state index in [-0.39, 0.29) is 18.5 Å². The van der Waals surface area contributed by atoms with E-state index in [0.717, 1.165) is 0 Å². The fraction of sp³-hybridized carbons (Fsp3) is 0.750. The first-order chi connectivity index (χ1) is 4.79. The van der Waals surface area contributed by atoms with Crippen molar-refractivity contribution in [3.8, 4) is 0 Å². The van der Waals surface area contributed by atoms with Crippen molar-refractivity contribution < 1.29 is 9.13 Å². The number of halogens is 1. The maximum Gasteiger partial charge on any atom is 0.122 e. The molecule has 60 valence electrons. The summed E-state index contributed by atoms with van der Waals surface area (Å²) in [6, 6.07) is 0. The zero-order chi connectivity index (χ0) is 7.98.